The van der Waals surface area contributed by atoms with E-state index in [4.69, 9.17) is 4.74 Å². The van der Waals surface area contributed by atoms with Gasteiger partial charge in [-0.15, -0.1) is 0 Å². The SMILES string of the molecule is CC(C)(C)C(CBr)COCc1ccccc1. The van der Waals surface area contributed by atoms with Crippen LogP contribution in [0, 0.1) is 11.3 Å². The zero-order chi connectivity index (χ0) is 12.0. The maximum atomic E-state index is 5.77. The monoisotopic (exact) mass is 284 g/mol. The zero-order valence-electron chi connectivity index (χ0n) is 10.4. The molecule has 0 heterocycles. The summed E-state index contributed by atoms with van der Waals surface area (Å²) in [7, 11) is 0. The largest absolute Gasteiger partial charge is 0.376 e. The van der Waals surface area contributed by atoms with E-state index in [2.05, 4.69) is 48.8 Å². The van der Waals surface area contributed by atoms with Crippen LogP contribution in [0.2, 0.25) is 0 Å². The number of ether oxygens (including phenoxy) is 1. The Morgan fingerprint density at radius 3 is 2.31 bits per heavy atom. The Labute approximate surface area is 107 Å². The number of alkyl halides is 1. The summed E-state index contributed by atoms with van der Waals surface area (Å²) < 4.78 is 5.77. The number of hydrogen-bond donors (Lipinski definition) is 0. The molecule has 90 valence electrons. The maximum Gasteiger partial charge on any atom is 0.0717 e. The minimum atomic E-state index is 0.292. The molecule has 0 aliphatic rings. The average Bonchev–Trinajstić information content (AvgIpc) is 2.24. The highest BCUT2D eigenvalue weighted by Crippen LogP contribution is 2.27. The molecule has 0 spiro atoms. The van der Waals surface area contributed by atoms with Crippen LogP contribution in [0.25, 0.3) is 0 Å². The number of hydrogen-bond acceptors (Lipinski definition) is 1. The Hall–Kier alpha value is -0.340. The Balaban J connectivity index is 2.35. The normalized spacial score (nSPS) is 13.8. The van der Waals surface area contributed by atoms with E-state index >= 15 is 0 Å². The van der Waals surface area contributed by atoms with E-state index in [-0.39, 0.29) is 0 Å². The van der Waals surface area contributed by atoms with Gasteiger partial charge in [0.1, 0.15) is 0 Å². The van der Waals surface area contributed by atoms with Gasteiger partial charge >= 0.3 is 0 Å². The summed E-state index contributed by atoms with van der Waals surface area (Å²) in [6, 6.07) is 10.3. The van der Waals surface area contributed by atoms with E-state index < -0.39 is 0 Å². The second-order valence-electron chi connectivity index (χ2n) is 5.22. The van der Waals surface area contributed by atoms with Crippen LogP contribution < -0.4 is 0 Å². The standard InChI is InChI=1S/C14H21BrO/c1-14(2,3)13(9-15)11-16-10-12-7-5-4-6-8-12/h4-8,13H,9-11H2,1-3H3. The molecule has 0 amide bonds. The number of benzene rings is 1. The lowest BCUT2D eigenvalue weighted by Crippen LogP contribution is -2.26. The van der Waals surface area contributed by atoms with Crippen LogP contribution in [0.3, 0.4) is 0 Å². The van der Waals surface area contributed by atoms with Crippen molar-refractivity contribution in [2.45, 2.75) is 27.4 Å². The minimum absolute atomic E-state index is 0.292. The molecule has 1 aromatic carbocycles. The second kappa shape index (κ2) is 6.41. The minimum Gasteiger partial charge on any atom is -0.376 e. The molecule has 0 fully saturated rings. The Bertz CT molecular complexity index is 289. The molecule has 1 rings (SSSR count). The fourth-order valence-electron chi connectivity index (χ4n) is 1.42. The average molecular weight is 285 g/mol. The first kappa shape index (κ1) is 13.7. The van der Waals surface area contributed by atoms with Crippen molar-refractivity contribution in [2.75, 3.05) is 11.9 Å². The molecule has 0 bridgehead atoms. The van der Waals surface area contributed by atoms with Crippen molar-refractivity contribution in [3.05, 3.63) is 35.9 Å². The maximum absolute atomic E-state index is 5.77. The first-order valence-corrected chi connectivity index (χ1v) is 6.84. The molecular weight excluding hydrogens is 264 g/mol. The summed E-state index contributed by atoms with van der Waals surface area (Å²) in [6.07, 6.45) is 0. The molecule has 0 N–H and O–H groups in total. The van der Waals surface area contributed by atoms with Crippen LogP contribution in [0.1, 0.15) is 26.3 Å². The van der Waals surface area contributed by atoms with Gasteiger partial charge in [-0.25, -0.2) is 0 Å². The summed E-state index contributed by atoms with van der Waals surface area (Å²) in [6.45, 7) is 8.28. The molecule has 16 heavy (non-hydrogen) atoms. The van der Waals surface area contributed by atoms with Gasteiger partial charge in [-0.3, -0.25) is 0 Å². The summed E-state index contributed by atoms with van der Waals surface area (Å²) in [5.74, 6) is 0.552. The highest BCUT2D eigenvalue weighted by molar-refractivity contribution is 9.09. The first-order valence-electron chi connectivity index (χ1n) is 5.71. The van der Waals surface area contributed by atoms with E-state index in [9.17, 15) is 0 Å². The van der Waals surface area contributed by atoms with Gasteiger partial charge in [-0.05, 0) is 16.9 Å². The molecule has 0 radical (unpaired) electrons. The van der Waals surface area contributed by atoms with Crippen molar-refractivity contribution in [2.24, 2.45) is 11.3 Å². The smallest absolute Gasteiger partial charge is 0.0717 e. The molecule has 0 aliphatic carbocycles. The quantitative estimate of drug-likeness (QED) is 0.734. The van der Waals surface area contributed by atoms with Gasteiger partial charge in [0, 0.05) is 5.33 Å². The van der Waals surface area contributed by atoms with Gasteiger partial charge in [0.05, 0.1) is 13.2 Å². The molecule has 0 aliphatic heterocycles. The molecule has 0 saturated heterocycles. The van der Waals surface area contributed by atoms with Gasteiger partial charge in [-0.2, -0.15) is 0 Å². The summed E-state index contributed by atoms with van der Waals surface area (Å²) in [5, 5.41) is 0.991. The molecule has 1 atom stereocenters. The van der Waals surface area contributed by atoms with Crippen molar-refractivity contribution in [3.63, 3.8) is 0 Å². The van der Waals surface area contributed by atoms with Crippen LogP contribution in [-0.4, -0.2) is 11.9 Å². The zero-order valence-corrected chi connectivity index (χ0v) is 12.0. The van der Waals surface area contributed by atoms with E-state index in [0.717, 1.165) is 11.9 Å². The predicted octanol–water partition coefficient (Wildman–Crippen LogP) is 4.26. The molecule has 0 aromatic heterocycles. The Morgan fingerprint density at radius 2 is 1.81 bits per heavy atom. The van der Waals surface area contributed by atoms with Crippen molar-refractivity contribution in [3.8, 4) is 0 Å². The van der Waals surface area contributed by atoms with Gasteiger partial charge < -0.3 is 4.74 Å². The molecule has 0 saturated carbocycles. The predicted molar refractivity (Wildman–Crippen MR) is 72.8 cm³/mol. The highest BCUT2D eigenvalue weighted by atomic mass is 79.9. The van der Waals surface area contributed by atoms with Crippen LogP contribution in [0.15, 0.2) is 30.3 Å². The van der Waals surface area contributed by atoms with Crippen LogP contribution in [0.5, 0.6) is 0 Å². The third-order valence-corrected chi connectivity index (χ3v) is 3.62. The molecule has 1 unspecified atom stereocenters. The van der Waals surface area contributed by atoms with Crippen molar-refractivity contribution < 1.29 is 4.74 Å². The van der Waals surface area contributed by atoms with E-state index in [1.807, 2.05) is 18.2 Å². The third-order valence-electron chi connectivity index (χ3n) is 2.84. The molecule has 1 nitrogen and oxygen atoms in total. The van der Waals surface area contributed by atoms with Gasteiger partial charge in [-0.1, -0.05) is 67.0 Å². The second-order valence-corrected chi connectivity index (χ2v) is 5.87. The fourth-order valence-corrected chi connectivity index (χ4v) is 2.58. The molecular formula is C14H21BrO. The van der Waals surface area contributed by atoms with Crippen molar-refractivity contribution in [1.82, 2.24) is 0 Å². The lowest BCUT2D eigenvalue weighted by molar-refractivity contribution is 0.0564. The van der Waals surface area contributed by atoms with Crippen molar-refractivity contribution in [1.29, 1.82) is 0 Å². The molecule has 2 heteroatoms. The summed E-state index contributed by atoms with van der Waals surface area (Å²) >= 11 is 3.56. The van der Waals surface area contributed by atoms with Gasteiger partial charge in [0.15, 0.2) is 0 Å². The first-order chi connectivity index (χ1) is 7.54. The van der Waals surface area contributed by atoms with Crippen LogP contribution >= 0.6 is 15.9 Å². The van der Waals surface area contributed by atoms with Crippen LogP contribution in [0.4, 0.5) is 0 Å². The van der Waals surface area contributed by atoms with Gasteiger partial charge in [0.25, 0.3) is 0 Å². The summed E-state index contributed by atoms with van der Waals surface area (Å²) in [4.78, 5) is 0. The topological polar surface area (TPSA) is 9.23 Å². The number of rotatable bonds is 5. The Morgan fingerprint density at radius 1 is 1.19 bits per heavy atom. The van der Waals surface area contributed by atoms with Crippen molar-refractivity contribution >= 4 is 15.9 Å². The van der Waals surface area contributed by atoms with E-state index in [1.165, 1.54) is 5.56 Å². The van der Waals surface area contributed by atoms with Gasteiger partial charge in [0.2, 0.25) is 0 Å². The molecule has 1 aromatic rings. The van der Waals surface area contributed by atoms with Crippen LogP contribution in [-0.2, 0) is 11.3 Å². The van der Waals surface area contributed by atoms with E-state index in [1.54, 1.807) is 0 Å². The Kier molecular flexibility index (Phi) is 5.50. The van der Waals surface area contributed by atoms with E-state index in [0.29, 0.717) is 17.9 Å². The third kappa shape index (κ3) is 4.67. The lowest BCUT2D eigenvalue weighted by Gasteiger charge is -2.28. The summed E-state index contributed by atoms with van der Waals surface area (Å²) in [5.41, 5.74) is 1.53. The lowest BCUT2D eigenvalue weighted by atomic mass is 9.83. The fraction of sp³-hybridized carbons (Fsp3) is 0.571. The number of halogens is 1. The highest BCUT2D eigenvalue weighted by Gasteiger charge is 2.23.